The van der Waals surface area contributed by atoms with Gasteiger partial charge in [0.2, 0.25) is 23.6 Å². The Hall–Kier alpha value is -4.91. The van der Waals surface area contributed by atoms with E-state index in [9.17, 15) is 34.2 Å². The number of H-pyrrole nitrogens is 1. The van der Waals surface area contributed by atoms with Crippen molar-refractivity contribution in [1.29, 1.82) is 0 Å². The van der Waals surface area contributed by atoms with Crippen molar-refractivity contribution < 1.29 is 34.2 Å². The molecule has 0 saturated heterocycles. The number of hydrogen-bond donors (Lipinski definition) is 8. The highest BCUT2D eigenvalue weighted by Gasteiger charge is 2.30. The standard InChI is InChI=1S/C27H32N6O7/c1-14(27(39)40)31-25(37)21(10-15-6-8-17(34)9-7-15)33-26(38)22(32-24(36)19(28)12-23(29)35)11-16-13-30-20-5-3-2-4-18(16)20/h2-9,13-14,19,21-22,30,34H,10-12,28H2,1H3,(H2,29,35)(H,31,37)(H,32,36)(H,33,38)(H,39,40). The average Bonchev–Trinajstić information content (AvgIpc) is 3.31. The molecule has 10 N–H and O–H groups in total. The summed E-state index contributed by atoms with van der Waals surface area (Å²) in [5.74, 6) is -4.36. The first-order valence-corrected chi connectivity index (χ1v) is 12.4. The van der Waals surface area contributed by atoms with Gasteiger partial charge in [-0.3, -0.25) is 24.0 Å². The summed E-state index contributed by atoms with van der Waals surface area (Å²) in [6.45, 7) is 1.28. The molecule has 0 fully saturated rings. The van der Waals surface area contributed by atoms with E-state index in [0.717, 1.165) is 10.9 Å². The predicted octanol–water partition coefficient (Wildman–Crippen LogP) is -0.580. The molecule has 13 heteroatoms. The molecule has 0 aliphatic rings. The van der Waals surface area contributed by atoms with Crippen molar-refractivity contribution in [2.24, 2.45) is 11.5 Å². The summed E-state index contributed by atoms with van der Waals surface area (Å²) < 4.78 is 0. The fourth-order valence-corrected chi connectivity index (χ4v) is 4.04. The lowest BCUT2D eigenvalue weighted by molar-refractivity contribution is -0.141. The van der Waals surface area contributed by atoms with Crippen LogP contribution in [0.1, 0.15) is 24.5 Å². The fourth-order valence-electron chi connectivity index (χ4n) is 4.04. The number of carboxylic acids is 1. The van der Waals surface area contributed by atoms with E-state index in [2.05, 4.69) is 20.9 Å². The zero-order valence-electron chi connectivity index (χ0n) is 21.7. The third-order valence-corrected chi connectivity index (χ3v) is 6.23. The normalized spacial score (nSPS) is 13.9. The number of rotatable bonds is 13. The van der Waals surface area contributed by atoms with Crippen molar-refractivity contribution in [2.45, 2.75) is 50.4 Å². The number of hydrogen-bond acceptors (Lipinski definition) is 7. The van der Waals surface area contributed by atoms with Gasteiger partial charge in [0.25, 0.3) is 0 Å². The quantitative estimate of drug-likeness (QED) is 0.136. The van der Waals surface area contributed by atoms with E-state index in [4.69, 9.17) is 11.5 Å². The molecule has 2 aromatic carbocycles. The number of carbonyl (C=O) groups is 5. The molecular weight excluding hydrogens is 520 g/mol. The van der Waals surface area contributed by atoms with Gasteiger partial charge in [0, 0.05) is 29.9 Å². The van der Waals surface area contributed by atoms with E-state index >= 15 is 0 Å². The molecule has 0 aliphatic carbocycles. The second-order valence-electron chi connectivity index (χ2n) is 9.40. The first kappa shape index (κ1) is 29.6. The van der Waals surface area contributed by atoms with Crippen molar-refractivity contribution in [3.63, 3.8) is 0 Å². The Morgan fingerprint density at radius 2 is 1.48 bits per heavy atom. The first-order valence-electron chi connectivity index (χ1n) is 12.4. The Bertz CT molecular complexity index is 1390. The summed E-state index contributed by atoms with van der Waals surface area (Å²) in [5.41, 5.74) is 13.0. The van der Waals surface area contributed by atoms with E-state index < -0.39 is 60.2 Å². The van der Waals surface area contributed by atoms with Crippen LogP contribution >= 0.6 is 0 Å². The van der Waals surface area contributed by atoms with E-state index in [1.807, 2.05) is 24.3 Å². The molecule has 0 bridgehead atoms. The Morgan fingerprint density at radius 1 is 0.875 bits per heavy atom. The number of phenols is 1. The van der Waals surface area contributed by atoms with Crippen LogP contribution in [0.15, 0.2) is 54.7 Å². The largest absolute Gasteiger partial charge is 0.508 e. The number of aliphatic carboxylic acids is 1. The summed E-state index contributed by atoms with van der Waals surface area (Å²) in [6.07, 6.45) is 1.21. The number of fused-ring (bicyclic) bond motifs is 1. The van der Waals surface area contributed by atoms with Gasteiger partial charge in [-0.1, -0.05) is 30.3 Å². The molecule has 4 unspecified atom stereocenters. The van der Waals surface area contributed by atoms with Gasteiger partial charge in [-0.05, 0) is 36.2 Å². The van der Waals surface area contributed by atoms with Crippen LogP contribution < -0.4 is 27.4 Å². The number of carboxylic acid groups (broad SMARTS) is 1. The summed E-state index contributed by atoms with van der Waals surface area (Å²) in [6, 6.07) is 8.26. The van der Waals surface area contributed by atoms with E-state index in [1.54, 1.807) is 18.3 Å². The van der Waals surface area contributed by atoms with E-state index in [-0.39, 0.29) is 18.6 Å². The highest BCUT2D eigenvalue weighted by Crippen LogP contribution is 2.19. The van der Waals surface area contributed by atoms with Crippen LogP contribution in [-0.4, -0.2) is 69.0 Å². The summed E-state index contributed by atoms with van der Waals surface area (Å²) in [7, 11) is 0. The van der Waals surface area contributed by atoms with E-state index in [0.29, 0.717) is 11.1 Å². The van der Waals surface area contributed by atoms with Crippen molar-refractivity contribution in [1.82, 2.24) is 20.9 Å². The molecule has 0 radical (unpaired) electrons. The number of nitrogens with two attached hydrogens (primary N) is 2. The number of primary amides is 1. The third kappa shape index (κ3) is 8.04. The van der Waals surface area contributed by atoms with Gasteiger partial charge in [-0.2, -0.15) is 0 Å². The fraction of sp³-hybridized carbons (Fsp3) is 0.296. The van der Waals surface area contributed by atoms with Gasteiger partial charge in [0.15, 0.2) is 0 Å². The minimum Gasteiger partial charge on any atom is -0.508 e. The van der Waals surface area contributed by atoms with E-state index in [1.165, 1.54) is 19.1 Å². The molecule has 4 atom stereocenters. The van der Waals surface area contributed by atoms with Crippen LogP contribution in [-0.2, 0) is 36.8 Å². The molecule has 0 spiro atoms. The Labute approximate surface area is 229 Å². The molecule has 1 heterocycles. The number of para-hydroxylation sites is 1. The number of amides is 4. The van der Waals surface area contributed by atoms with Crippen LogP contribution in [0.25, 0.3) is 10.9 Å². The van der Waals surface area contributed by atoms with Crippen molar-refractivity contribution >= 4 is 40.5 Å². The molecule has 4 amide bonds. The SMILES string of the molecule is CC(NC(=O)C(Cc1ccc(O)cc1)NC(=O)C(Cc1c[nH]c2ccccc12)NC(=O)C(N)CC(N)=O)C(=O)O. The molecule has 212 valence electrons. The summed E-state index contributed by atoms with van der Waals surface area (Å²) >= 11 is 0. The highest BCUT2D eigenvalue weighted by molar-refractivity contribution is 5.95. The zero-order valence-corrected chi connectivity index (χ0v) is 21.7. The zero-order chi connectivity index (χ0) is 29.4. The minimum absolute atomic E-state index is 0.00194. The number of nitrogens with one attached hydrogen (secondary N) is 4. The van der Waals surface area contributed by atoms with Crippen molar-refractivity contribution in [3.05, 3.63) is 65.9 Å². The maximum atomic E-state index is 13.6. The second-order valence-corrected chi connectivity index (χ2v) is 9.40. The maximum Gasteiger partial charge on any atom is 0.325 e. The van der Waals surface area contributed by atoms with Gasteiger partial charge < -0.3 is 42.6 Å². The topological polar surface area (TPSA) is 230 Å². The lowest BCUT2D eigenvalue weighted by atomic mass is 10.0. The Morgan fingerprint density at radius 3 is 2.12 bits per heavy atom. The third-order valence-electron chi connectivity index (χ3n) is 6.23. The lowest BCUT2D eigenvalue weighted by Gasteiger charge is -2.25. The van der Waals surface area contributed by atoms with Gasteiger partial charge in [0.1, 0.15) is 23.9 Å². The summed E-state index contributed by atoms with van der Waals surface area (Å²) in [4.78, 5) is 65.0. The molecule has 3 rings (SSSR count). The molecule has 0 saturated carbocycles. The number of benzene rings is 2. The Balaban J connectivity index is 1.88. The number of phenolic OH excluding ortho intramolecular Hbond substituents is 1. The maximum absolute atomic E-state index is 13.6. The average molecular weight is 553 g/mol. The van der Waals surface area contributed by atoms with Crippen LogP contribution in [0.4, 0.5) is 0 Å². The smallest absolute Gasteiger partial charge is 0.325 e. The second kappa shape index (κ2) is 13.2. The van der Waals surface area contributed by atoms with Crippen molar-refractivity contribution in [3.8, 4) is 5.75 Å². The van der Waals surface area contributed by atoms with Gasteiger partial charge in [-0.25, -0.2) is 0 Å². The highest BCUT2D eigenvalue weighted by atomic mass is 16.4. The number of aromatic nitrogens is 1. The lowest BCUT2D eigenvalue weighted by Crippen LogP contribution is -2.58. The van der Waals surface area contributed by atoms with Gasteiger partial charge >= 0.3 is 5.97 Å². The molecule has 40 heavy (non-hydrogen) atoms. The van der Waals surface area contributed by atoms with Crippen LogP contribution in [0.5, 0.6) is 5.75 Å². The van der Waals surface area contributed by atoms with Gasteiger partial charge in [0.05, 0.1) is 12.5 Å². The van der Waals surface area contributed by atoms with Gasteiger partial charge in [-0.15, -0.1) is 0 Å². The Kier molecular flexibility index (Phi) is 9.81. The molecule has 1 aromatic heterocycles. The predicted molar refractivity (Wildman–Crippen MR) is 145 cm³/mol. The van der Waals surface area contributed by atoms with Crippen LogP contribution in [0.3, 0.4) is 0 Å². The van der Waals surface area contributed by atoms with Crippen molar-refractivity contribution in [2.75, 3.05) is 0 Å². The molecular formula is C27H32N6O7. The van der Waals surface area contributed by atoms with Crippen LogP contribution in [0, 0.1) is 0 Å². The van der Waals surface area contributed by atoms with Crippen LogP contribution in [0.2, 0.25) is 0 Å². The molecule has 3 aromatic rings. The monoisotopic (exact) mass is 552 g/mol. The number of aromatic hydroxyl groups is 1. The summed E-state index contributed by atoms with van der Waals surface area (Å²) in [5, 5.41) is 27.1. The first-order chi connectivity index (χ1) is 18.9. The minimum atomic E-state index is -1.30. The molecule has 13 nitrogen and oxygen atoms in total. The molecule has 0 aliphatic heterocycles. The number of carbonyl (C=O) groups excluding carboxylic acids is 4. The number of aromatic amines is 1.